The highest BCUT2D eigenvalue weighted by Gasteiger charge is 2.49. The van der Waals surface area contributed by atoms with Crippen LogP contribution in [0.25, 0.3) is 0 Å². The lowest BCUT2D eigenvalue weighted by Crippen LogP contribution is -2.44. The smallest absolute Gasteiger partial charge is 0.310 e. The molecule has 0 bridgehead atoms. The zero-order valence-electron chi connectivity index (χ0n) is 11.3. The number of fused-ring (bicyclic) bond motifs is 1. The van der Waals surface area contributed by atoms with E-state index in [-0.39, 0.29) is 18.0 Å². The molecule has 2 fully saturated rings. The summed E-state index contributed by atoms with van der Waals surface area (Å²) in [4.78, 5) is 12.2. The average Bonchev–Trinajstić information content (AvgIpc) is 2.74. The number of hydrogen-bond acceptors (Lipinski definition) is 2. The van der Waals surface area contributed by atoms with Crippen LogP contribution >= 0.6 is 0 Å². The van der Waals surface area contributed by atoms with Gasteiger partial charge in [0.15, 0.2) is 0 Å². The largest absolute Gasteiger partial charge is 0.457 e. The van der Waals surface area contributed by atoms with E-state index in [9.17, 15) is 4.79 Å². The van der Waals surface area contributed by atoms with Gasteiger partial charge < -0.3 is 4.74 Å². The molecule has 0 N–H and O–H groups in total. The van der Waals surface area contributed by atoms with Crippen molar-refractivity contribution in [1.82, 2.24) is 0 Å². The van der Waals surface area contributed by atoms with Crippen molar-refractivity contribution in [1.29, 1.82) is 0 Å². The van der Waals surface area contributed by atoms with Gasteiger partial charge in [-0.2, -0.15) is 0 Å². The number of carbonyl (C=O) groups is 1. The Labute approximate surface area is 109 Å². The lowest BCUT2D eigenvalue weighted by atomic mass is 9.75. The molecule has 1 aliphatic heterocycles. The highest BCUT2D eigenvalue weighted by Crippen LogP contribution is 2.47. The molecule has 1 heterocycles. The predicted molar refractivity (Wildman–Crippen MR) is 72.9 cm³/mol. The molecule has 1 saturated heterocycles. The van der Waals surface area contributed by atoms with Crippen LogP contribution in [-0.4, -0.2) is 12.1 Å². The summed E-state index contributed by atoms with van der Waals surface area (Å²) in [5, 5.41) is 0. The van der Waals surface area contributed by atoms with Crippen molar-refractivity contribution in [2.24, 2.45) is 23.7 Å². The molecule has 1 aliphatic carbocycles. The van der Waals surface area contributed by atoms with E-state index < -0.39 is 0 Å². The predicted octanol–water partition coefficient (Wildman–Crippen LogP) is 3.51. The van der Waals surface area contributed by atoms with Gasteiger partial charge in [0.25, 0.3) is 0 Å². The van der Waals surface area contributed by atoms with Gasteiger partial charge in [0.1, 0.15) is 6.10 Å². The van der Waals surface area contributed by atoms with Crippen LogP contribution in [0, 0.1) is 23.7 Å². The molecule has 2 nitrogen and oxygen atoms in total. The SMILES string of the molecule is C=C/C=C(\C=C)[C@@H]1OC(=O)[C@H]2C(CC[C@@H]2C)C1C. The van der Waals surface area contributed by atoms with E-state index in [0.29, 0.717) is 17.8 Å². The topological polar surface area (TPSA) is 26.3 Å². The first-order chi connectivity index (χ1) is 8.60. The molecule has 2 aliphatic rings. The summed E-state index contributed by atoms with van der Waals surface area (Å²) < 4.78 is 5.66. The van der Waals surface area contributed by atoms with Gasteiger partial charge in [-0.15, -0.1) is 0 Å². The molecule has 0 aromatic heterocycles. The minimum absolute atomic E-state index is 0.0232. The second-order valence-corrected chi connectivity index (χ2v) is 5.57. The summed E-state index contributed by atoms with van der Waals surface area (Å²) in [5.74, 6) is 1.36. The Balaban J connectivity index is 2.26. The number of cyclic esters (lactones) is 1. The van der Waals surface area contributed by atoms with Gasteiger partial charge >= 0.3 is 5.97 Å². The highest BCUT2D eigenvalue weighted by molar-refractivity contribution is 5.75. The van der Waals surface area contributed by atoms with Crippen LogP contribution < -0.4 is 0 Å². The number of carbonyl (C=O) groups excluding carboxylic acids is 1. The molecule has 2 unspecified atom stereocenters. The normalized spacial score (nSPS) is 40.0. The summed E-state index contributed by atoms with van der Waals surface area (Å²) in [7, 11) is 0. The summed E-state index contributed by atoms with van der Waals surface area (Å²) in [6, 6.07) is 0. The van der Waals surface area contributed by atoms with Gasteiger partial charge in [-0.05, 0) is 30.3 Å². The Bertz CT molecular complexity index is 394. The van der Waals surface area contributed by atoms with E-state index in [1.54, 1.807) is 12.2 Å². The third-order valence-electron chi connectivity index (χ3n) is 4.57. The Hall–Kier alpha value is -1.31. The molecule has 0 amide bonds. The van der Waals surface area contributed by atoms with E-state index in [1.807, 2.05) is 6.08 Å². The zero-order chi connectivity index (χ0) is 13.3. The van der Waals surface area contributed by atoms with Crippen LogP contribution in [0.3, 0.4) is 0 Å². The van der Waals surface area contributed by atoms with E-state index in [1.165, 1.54) is 0 Å². The Morgan fingerprint density at radius 2 is 2.06 bits per heavy atom. The number of esters is 1. The number of ether oxygens (including phenoxy) is 1. The van der Waals surface area contributed by atoms with E-state index >= 15 is 0 Å². The van der Waals surface area contributed by atoms with Crippen LogP contribution in [0.15, 0.2) is 37.0 Å². The van der Waals surface area contributed by atoms with Crippen molar-refractivity contribution in [3.63, 3.8) is 0 Å². The van der Waals surface area contributed by atoms with Crippen molar-refractivity contribution in [3.05, 3.63) is 37.0 Å². The molecule has 0 spiro atoms. The van der Waals surface area contributed by atoms with Gasteiger partial charge in [-0.3, -0.25) is 4.79 Å². The molecule has 0 aromatic carbocycles. The fourth-order valence-corrected chi connectivity index (χ4v) is 3.56. The highest BCUT2D eigenvalue weighted by atomic mass is 16.5. The van der Waals surface area contributed by atoms with Crippen LogP contribution in [0.1, 0.15) is 26.7 Å². The molecular weight excluding hydrogens is 224 g/mol. The van der Waals surface area contributed by atoms with E-state index in [4.69, 9.17) is 4.74 Å². The fraction of sp³-hybridized carbons (Fsp3) is 0.562. The Kier molecular flexibility index (Phi) is 3.74. The van der Waals surface area contributed by atoms with E-state index in [0.717, 1.165) is 18.4 Å². The molecule has 98 valence electrons. The second kappa shape index (κ2) is 5.13. The molecule has 2 heteroatoms. The molecule has 0 radical (unpaired) electrons. The first kappa shape index (κ1) is 13.1. The van der Waals surface area contributed by atoms with Crippen LogP contribution in [0.5, 0.6) is 0 Å². The summed E-state index contributed by atoms with van der Waals surface area (Å²) in [5.41, 5.74) is 0.962. The monoisotopic (exact) mass is 246 g/mol. The zero-order valence-corrected chi connectivity index (χ0v) is 11.3. The van der Waals surface area contributed by atoms with Crippen LogP contribution in [0.2, 0.25) is 0 Å². The third kappa shape index (κ3) is 2.05. The number of hydrogen-bond donors (Lipinski definition) is 0. The number of allylic oxidation sites excluding steroid dienone is 2. The molecular formula is C16H22O2. The lowest BCUT2D eigenvalue weighted by Gasteiger charge is -2.38. The maximum Gasteiger partial charge on any atom is 0.310 e. The maximum atomic E-state index is 12.2. The van der Waals surface area contributed by atoms with Crippen LogP contribution in [0.4, 0.5) is 0 Å². The number of rotatable bonds is 3. The summed E-state index contributed by atoms with van der Waals surface area (Å²) in [6.45, 7) is 11.9. The van der Waals surface area contributed by atoms with Crippen molar-refractivity contribution >= 4 is 5.97 Å². The Morgan fingerprint density at radius 3 is 2.67 bits per heavy atom. The maximum absolute atomic E-state index is 12.2. The standard InChI is InChI=1S/C16H22O2/c1-5-7-12(6-2)15-11(4)13-9-8-10(3)14(13)16(17)18-15/h5-7,10-11,13-15H,1-2,8-9H2,3-4H3/b12-7+/t10-,11?,13?,14+,15+/m0/s1. The molecule has 18 heavy (non-hydrogen) atoms. The van der Waals surface area contributed by atoms with Gasteiger partial charge in [0.05, 0.1) is 5.92 Å². The third-order valence-corrected chi connectivity index (χ3v) is 4.57. The average molecular weight is 246 g/mol. The second-order valence-electron chi connectivity index (χ2n) is 5.57. The van der Waals surface area contributed by atoms with Gasteiger partial charge in [0.2, 0.25) is 0 Å². The van der Waals surface area contributed by atoms with Crippen molar-refractivity contribution < 1.29 is 9.53 Å². The van der Waals surface area contributed by atoms with Gasteiger partial charge in [0, 0.05) is 5.92 Å². The minimum atomic E-state index is -0.153. The first-order valence-corrected chi connectivity index (χ1v) is 6.75. The van der Waals surface area contributed by atoms with Gasteiger partial charge in [-0.1, -0.05) is 45.2 Å². The molecule has 2 rings (SSSR count). The molecule has 5 atom stereocenters. The van der Waals surface area contributed by atoms with Crippen molar-refractivity contribution in [2.75, 3.05) is 0 Å². The molecule has 1 saturated carbocycles. The summed E-state index contributed by atoms with van der Waals surface area (Å²) >= 11 is 0. The van der Waals surface area contributed by atoms with Crippen molar-refractivity contribution in [2.45, 2.75) is 32.8 Å². The van der Waals surface area contributed by atoms with Gasteiger partial charge in [-0.25, -0.2) is 0 Å². The fourth-order valence-electron chi connectivity index (χ4n) is 3.56. The van der Waals surface area contributed by atoms with Crippen molar-refractivity contribution in [3.8, 4) is 0 Å². The van der Waals surface area contributed by atoms with Crippen LogP contribution in [-0.2, 0) is 9.53 Å². The Morgan fingerprint density at radius 1 is 1.33 bits per heavy atom. The lowest BCUT2D eigenvalue weighted by molar-refractivity contribution is -0.167. The quantitative estimate of drug-likeness (QED) is 0.562. The summed E-state index contributed by atoms with van der Waals surface area (Å²) in [6.07, 6.45) is 7.50. The van der Waals surface area contributed by atoms with E-state index in [2.05, 4.69) is 27.0 Å². The minimum Gasteiger partial charge on any atom is -0.457 e. The molecule has 0 aromatic rings. The first-order valence-electron chi connectivity index (χ1n) is 6.75.